The fourth-order valence-electron chi connectivity index (χ4n) is 3.83. The smallest absolute Gasteiger partial charge is 0.118 e. The van der Waals surface area contributed by atoms with Gasteiger partial charge in [0.05, 0.1) is 14.2 Å². The molecular formula is C28H40Br2O3. The van der Waals surface area contributed by atoms with E-state index in [0.29, 0.717) is 9.65 Å². The molecule has 5 heteroatoms. The SMILES string of the molecule is COc1ccc(CC(Br)CCCCCOCCCCCC(Br)Cc2ccc(OC)cc2)cc1. The Morgan fingerprint density at radius 3 is 1.33 bits per heavy atom. The molecule has 0 aromatic heterocycles. The molecule has 0 saturated heterocycles. The second-order valence-corrected chi connectivity index (χ2v) is 11.2. The Bertz CT molecular complexity index is 670. The van der Waals surface area contributed by atoms with Crippen molar-refractivity contribution in [3.05, 3.63) is 59.7 Å². The summed E-state index contributed by atoms with van der Waals surface area (Å²) < 4.78 is 16.3. The molecule has 0 saturated carbocycles. The van der Waals surface area contributed by atoms with Crippen LogP contribution in [0.1, 0.15) is 62.5 Å². The minimum atomic E-state index is 0.537. The highest BCUT2D eigenvalue weighted by molar-refractivity contribution is 9.09. The Balaban J connectivity index is 1.38. The van der Waals surface area contributed by atoms with Crippen LogP contribution in [0.3, 0.4) is 0 Å². The first-order valence-electron chi connectivity index (χ1n) is 12.2. The van der Waals surface area contributed by atoms with E-state index in [4.69, 9.17) is 14.2 Å². The van der Waals surface area contributed by atoms with Crippen molar-refractivity contribution in [3.8, 4) is 11.5 Å². The minimum absolute atomic E-state index is 0.537. The average Bonchev–Trinajstić information content (AvgIpc) is 2.83. The second-order valence-electron chi connectivity index (χ2n) is 8.61. The Morgan fingerprint density at radius 1 is 0.576 bits per heavy atom. The van der Waals surface area contributed by atoms with E-state index in [1.807, 2.05) is 24.3 Å². The molecule has 2 aromatic rings. The first-order chi connectivity index (χ1) is 16.1. The lowest BCUT2D eigenvalue weighted by Crippen LogP contribution is -2.04. The summed E-state index contributed by atoms with van der Waals surface area (Å²) in [6.45, 7) is 1.79. The van der Waals surface area contributed by atoms with Crippen molar-refractivity contribution in [1.29, 1.82) is 0 Å². The zero-order chi connectivity index (χ0) is 23.7. The van der Waals surface area contributed by atoms with Gasteiger partial charge in [-0.1, -0.05) is 81.8 Å². The monoisotopic (exact) mass is 582 g/mol. The lowest BCUT2D eigenvalue weighted by Gasteiger charge is -2.11. The van der Waals surface area contributed by atoms with Crippen LogP contribution in [0, 0.1) is 0 Å². The molecule has 0 fully saturated rings. The third-order valence-electron chi connectivity index (χ3n) is 5.84. The van der Waals surface area contributed by atoms with Gasteiger partial charge in [-0.15, -0.1) is 0 Å². The summed E-state index contributed by atoms with van der Waals surface area (Å²) in [6, 6.07) is 16.8. The summed E-state index contributed by atoms with van der Waals surface area (Å²) in [5.41, 5.74) is 2.71. The van der Waals surface area contributed by atoms with Gasteiger partial charge in [0.25, 0.3) is 0 Å². The molecule has 2 rings (SSSR count). The van der Waals surface area contributed by atoms with E-state index in [1.165, 1.54) is 49.7 Å². The van der Waals surface area contributed by atoms with Crippen molar-refractivity contribution in [3.63, 3.8) is 0 Å². The van der Waals surface area contributed by atoms with Gasteiger partial charge >= 0.3 is 0 Å². The van der Waals surface area contributed by atoms with Crippen molar-refractivity contribution < 1.29 is 14.2 Å². The quantitative estimate of drug-likeness (QED) is 0.131. The van der Waals surface area contributed by atoms with Crippen LogP contribution in [0.2, 0.25) is 0 Å². The van der Waals surface area contributed by atoms with Gasteiger partial charge in [0.2, 0.25) is 0 Å². The maximum atomic E-state index is 5.84. The zero-order valence-corrected chi connectivity index (χ0v) is 23.4. The van der Waals surface area contributed by atoms with Crippen LogP contribution in [-0.4, -0.2) is 37.1 Å². The van der Waals surface area contributed by atoms with Crippen LogP contribution < -0.4 is 9.47 Å². The molecule has 3 nitrogen and oxygen atoms in total. The predicted molar refractivity (Wildman–Crippen MR) is 147 cm³/mol. The van der Waals surface area contributed by atoms with Crippen LogP contribution in [0.25, 0.3) is 0 Å². The fourth-order valence-corrected chi connectivity index (χ4v) is 5.23. The number of benzene rings is 2. The standard InChI is InChI=1S/C28H40Br2O3/c1-31-27-15-11-23(12-16-27)21-25(29)9-5-3-7-19-33-20-8-4-6-10-26(30)22-24-13-17-28(32-2)18-14-24/h11-18,25-26H,3-10,19-22H2,1-2H3. The van der Waals surface area contributed by atoms with E-state index in [9.17, 15) is 0 Å². The molecule has 184 valence electrons. The molecule has 2 aromatic carbocycles. The van der Waals surface area contributed by atoms with Gasteiger partial charge in [-0.05, 0) is 73.9 Å². The van der Waals surface area contributed by atoms with Crippen molar-refractivity contribution in [2.45, 2.75) is 73.9 Å². The molecule has 0 bridgehead atoms. The number of hydrogen-bond acceptors (Lipinski definition) is 3. The topological polar surface area (TPSA) is 27.7 Å². The van der Waals surface area contributed by atoms with Gasteiger partial charge in [0.1, 0.15) is 11.5 Å². The molecule has 0 radical (unpaired) electrons. The third-order valence-corrected chi connectivity index (χ3v) is 7.41. The van der Waals surface area contributed by atoms with Gasteiger partial charge in [0.15, 0.2) is 0 Å². The molecule has 2 unspecified atom stereocenters. The van der Waals surface area contributed by atoms with E-state index >= 15 is 0 Å². The molecule has 0 aliphatic rings. The molecule has 0 heterocycles. The van der Waals surface area contributed by atoms with Crippen LogP contribution in [0.5, 0.6) is 11.5 Å². The average molecular weight is 584 g/mol. The summed E-state index contributed by atoms with van der Waals surface area (Å²) in [5, 5.41) is 0. The highest BCUT2D eigenvalue weighted by Gasteiger charge is 2.07. The van der Waals surface area contributed by atoms with Gasteiger partial charge in [0, 0.05) is 22.9 Å². The number of halogens is 2. The van der Waals surface area contributed by atoms with Crippen LogP contribution in [0.4, 0.5) is 0 Å². The molecule has 0 spiro atoms. The van der Waals surface area contributed by atoms with E-state index in [0.717, 1.165) is 50.4 Å². The second kappa shape index (κ2) is 17.4. The van der Waals surface area contributed by atoms with E-state index in [-0.39, 0.29) is 0 Å². The van der Waals surface area contributed by atoms with Crippen molar-refractivity contribution in [2.24, 2.45) is 0 Å². The maximum Gasteiger partial charge on any atom is 0.118 e. The number of hydrogen-bond donors (Lipinski definition) is 0. The Hall–Kier alpha value is -1.04. The molecule has 0 aliphatic carbocycles. The summed E-state index contributed by atoms with van der Waals surface area (Å²) in [7, 11) is 3.41. The predicted octanol–water partition coefficient (Wildman–Crippen LogP) is 8.15. The van der Waals surface area contributed by atoms with Crippen LogP contribution in [-0.2, 0) is 17.6 Å². The molecule has 0 aliphatic heterocycles. The lowest BCUT2D eigenvalue weighted by molar-refractivity contribution is 0.125. The first-order valence-corrected chi connectivity index (χ1v) is 14.1. The molecule has 0 amide bonds. The number of unbranched alkanes of at least 4 members (excludes halogenated alkanes) is 4. The van der Waals surface area contributed by atoms with Crippen molar-refractivity contribution in [2.75, 3.05) is 27.4 Å². The first kappa shape index (κ1) is 28.2. The Morgan fingerprint density at radius 2 is 0.970 bits per heavy atom. The molecule has 0 N–H and O–H groups in total. The highest BCUT2D eigenvalue weighted by Crippen LogP contribution is 2.20. The van der Waals surface area contributed by atoms with Gasteiger partial charge < -0.3 is 14.2 Å². The normalized spacial score (nSPS) is 13.0. The maximum absolute atomic E-state index is 5.84. The fraction of sp³-hybridized carbons (Fsp3) is 0.571. The summed E-state index contributed by atoms with van der Waals surface area (Å²) in [4.78, 5) is 1.07. The largest absolute Gasteiger partial charge is 0.497 e. The Kier molecular flexibility index (Phi) is 14.9. The molecule has 33 heavy (non-hydrogen) atoms. The summed E-state index contributed by atoms with van der Waals surface area (Å²) in [6.07, 6.45) is 11.8. The lowest BCUT2D eigenvalue weighted by atomic mass is 10.1. The summed E-state index contributed by atoms with van der Waals surface area (Å²) in [5.74, 6) is 1.84. The zero-order valence-electron chi connectivity index (χ0n) is 20.2. The highest BCUT2D eigenvalue weighted by atomic mass is 79.9. The number of ether oxygens (including phenoxy) is 3. The van der Waals surface area contributed by atoms with Crippen molar-refractivity contribution in [1.82, 2.24) is 0 Å². The minimum Gasteiger partial charge on any atom is -0.497 e. The third kappa shape index (κ3) is 12.8. The number of methoxy groups -OCH3 is 2. The number of rotatable bonds is 18. The van der Waals surface area contributed by atoms with E-state index in [1.54, 1.807) is 14.2 Å². The number of alkyl halides is 2. The van der Waals surface area contributed by atoms with Crippen LogP contribution >= 0.6 is 31.9 Å². The van der Waals surface area contributed by atoms with Crippen LogP contribution in [0.15, 0.2) is 48.5 Å². The van der Waals surface area contributed by atoms with E-state index < -0.39 is 0 Å². The van der Waals surface area contributed by atoms with Gasteiger partial charge in [-0.2, -0.15) is 0 Å². The van der Waals surface area contributed by atoms with Crippen molar-refractivity contribution >= 4 is 31.9 Å². The van der Waals surface area contributed by atoms with E-state index in [2.05, 4.69) is 56.1 Å². The molecule has 2 atom stereocenters. The Labute approximate surface area is 217 Å². The summed E-state index contributed by atoms with van der Waals surface area (Å²) >= 11 is 7.66. The van der Waals surface area contributed by atoms with Gasteiger partial charge in [-0.25, -0.2) is 0 Å². The van der Waals surface area contributed by atoms with Gasteiger partial charge in [-0.3, -0.25) is 0 Å². The molecular weight excluding hydrogens is 544 g/mol.